The normalized spacial score (nSPS) is 19.5. The van der Waals surface area contributed by atoms with Gasteiger partial charge in [0, 0.05) is 12.0 Å². The lowest BCUT2D eigenvalue weighted by atomic mass is 9.81. The van der Waals surface area contributed by atoms with E-state index in [1.165, 1.54) is 0 Å². The molecule has 2 atom stereocenters. The smallest absolute Gasteiger partial charge is 0.343 e. The number of carbonyl (C=O) groups is 1. The van der Waals surface area contributed by atoms with Crippen molar-refractivity contribution in [3.8, 4) is 0 Å². The summed E-state index contributed by atoms with van der Waals surface area (Å²) in [4.78, 5) is 18.2. The summed E-state index contributed by atoms with van der Waals surface area (Å²) in [6, 6.07) is 26.5. The topological polar surface area (TPSA) is 84.8 Å². The van der Waals surface area contributed by atoms with Crippen molar-refractivity contribution in [3.63, 3.8) is 0 Å². The van der Waals surface area contributed by atoms with Gasteiger partial charge in [-0.05, 0) is 23.3 Å². The van der Waals surface area contributed by atoms with Crippen LogP contribution in [0, 0.1) is 0 Å². The van der Waals surface area contributed by atoms with Crippen LogP contribution in [-0.4, -0.2) is 32.1 Å². The second-order valence-corrected chi connectivity index (χ2v) is 9.27. The Kier molecular flexibility index (Phi) is 5.71. The number of esters is 1. The number of ether oxygens (including phenoxy) is 1. The summed E-state index contributed by atoms with van der Waals surface area (Å²) >= 11 is 0. The van der Waals surface area contributed by atoms with E-state index >= 15 is 0 Å². The number of nitrogens with one attached hydrogen (secondary N) is 1. The number of rotatable bonds is 7. The molecule has 1 N–H and O–H groups in total. The van der Waals surface area contributed by atoms with E-state index in [0.29, 0.717) is 11.1 Å². The molecule has 0 saturated heterocycles. The Morgan fingerprint density at radius 2 is 1.45 bits per heavy atom. The number of benzene rings is 3. The van der Waals surface area contributed by atoms with Crippen molar-refractivity contribution in [3.05, 3.63) is 108 Å². The zero-order chi connectivity index (χ0) is 21.9. The van der Waals surface area contributed by atoms with Gasteiger partial charge >= 0.3 is 5.97 Å². The summed E-state index contributed by atoms with van der Waals surface area (Å²) in [6.45, 7) is 0. The van der Waals surface area contributed by atoms with Gasteiger partial charge in [-0.1, -0.05) is 78.9 Å². The highest BCUT2D eigenvalue weighted by atomic mass is 32.2. The second-order valence-electron chi connectivity index (χ2n) is 7.49. The van der Waals surface area contributed by atoms with E-state index < -0.39 is 27.6 Å². The summed E-state index contributed by atoms with van der Waals surface area (Å²) in [5, 5.41) is 0. The monoisotopic (exact) mass is 434 g/mol. The Labute approximate surface area is 181 Å². The molecule has 158 valence electrons. The second kappa shape index (κ2) is 8.45. The summed E-state index contributed by atoms with van der Waals surface area (Å²) in [5.74, 6) is -0.419. The molecule has 0 radical (unpaired) electrons. The quantitative estimate of drug-likeness (QED) is 0.579. The average Bonchev–Trinajstić information content (AvgIpc) is 3.10. The molecule has 0 bridgehead atoms. The van der Waals surface area contributed by atoms with E-state index in [-0.39, 0.29) is 12.3 Å². The predicted molar refractivity (Wildman–Crippen MR) is 119 cm³/mol. The fourth-order valence-electron chi connectivity index (χ4n) is 3.73. The number of nitrogens with zero attached hydrogens (tertiary/aromatic N) is 1. The van der Waals surface area contributed by atoms with Crippen LogP contribution >= 0.6 is 0 Å². The Bertz CT molecular complexity index is 1200. The highest BCUT2D eigenvalue weighted by molar-refractivity contribution is 7.88. The summed E-state index contributed by atoms with van der Waals surface area (Å²) < 4.78 is 32.9. The largest absolute Gasteiger partial charge is 0.405 e. The van der Waals surface area contributed by atoms with Crippen molar-refractivity contribution < 1.29 is 17.9 Å². The van der Waals surface area contributed by atoms with Crippen molar-refractivity contribution in [2.75, 3.05) is 6.26 Å². The first-order chi connectivity index (χ1) is 14.9. The van der Waals surface area contributed by atoms with Gasteiger partial charge in [-0.2, -0.15) is 0 Å². The molecule has 31 heavy (non-hydrogen) atoms. The van der Waals surface area contributed by atoms with E-state index in [2.05, 4.69) is 4.72 Å². The van der Waals surface area contributed by atoms with Crippen LogP contribution in [0.25, 0.3) is 0 Å². The van der Waals surface area contributed by atoms with E-state index in [0.717, 1.165) is 11.8 Å². The molecule has 0 saturated carbocycles. The molecule has 1 aliphatic heterocycles. The SMILES string of the molecule is CS(=O)(=O)N[C@H](c1ccccc1)[C@@]1(Cc2ccccc2)N=C(c2ccccc2)OC1=O. The molecule has 6 nitrogen and oxygen atoms in total. The zero-order valence-corrected chi connectivity index (χ0v) is 17.7. The Morgan fingerprint density at radius 1 is 0.903 bits per heavy atom. The molecule has 0 amide bonds. The highest BCUT2D eigenvalue weighted by Crippen LogP contribution is 2.39. The first-order valence-electron chi connectivity index (χ1n) is 9.81. The van der Waals surface area contributed by atoms with Gasteiger partial charge in [-0.25, -0.2) is 22.9 Å². The van der Waals surface area contributed by atoms with Crippen molar-refractivity contribution in [2.45, 2.75) is 18.0 Å². The first-order valence-corrected chi connectivity index (χ1v) is 11.7. The molecule has 0 unspecified atom stereocenters. The predicted octanol–water partition coefficient (Wildman–Crippen LogP) is 3.26. The van der Waals surface area contributed by atoms with Gasteiger partial charge in [0.25, 0.3) is 0 Å². The van der Waals surface area contributed by atoms with Crippen LogP contribution in [0.2, 0.25) is 0 Å². The number of cyclic esters (lactones) is 1. The van der Waals surface area contributed by atoms with Gasteiger partial charge in [0.15, 0.2) is 5.54 Å². The van der Waals surface area contributed by atoms with Gasteiger partial charge < -0.3 is 4.74 Å². The van der Waals surface area contributed by atoms with Gasteiger partial charge in [0.2, 0.25) is 15.9 Å². The third-order valence-electron chi connectivity index (χ3n) is 5.12. The Balaban J connectivity index is 1.90. The fraction of sp³-hybridized carbons (Fsp3) is 0.167. The number of hydrogen-bond acceptors (Lipinski definition) is 5. The first kappa shape index (κ1) is 21.0. The maximum atomic E-state index is 13.4. The van der Waals surface area contributed by atoms with Gasteiger partial charge in [-0.3, -0.25) is 0 Å². The molecule has 1 heterocycles. The maximum Gasteiger partial charge on any atom is 0.343 e. The van der Waals surface area contributed by atoms with Crippen molar-refractivity contribution in [1.82, 2.24) is 4.72 Å². The lowest BCUT2D eigenvalue weighted by molar-refractivity contribution is -0.140. The van der Waals surface area contributed by atoms with Crippen LogP contribution in [0.3, 0.4) is 0 Å². The number of aliphatic imine (C=N–C) groups is 1. The Hall–Kier alpha value is -3.29. The van der Waals surface area contributed by atoms with Crippen molar-refractivity contribution in [1.29, 1.82) is 0 Å². The Morgan fingerprint density at radius 3 is 2.03 bits per heavy atom. The minimum atomic E-state index is -3.67. The number of carbonyl (C=O) groups excluding carboxylic acids is 1. The average molecular weight is 435 g/mol. The lowest BCUT2D eigenvalue weighted by Crippen LogP contribution is -2.50. The van der Waals surface area contributed by atoms with Crippen molar-refractivity contribution >= 4 is 21.9 Å². The van der Waals surface area contributed by atoms with Crippen LogP contribution in [0.4, 0.5) is 0 Å². The van der Waals surface area contributed by atoms with Gasteiger partial charge in [0.1, 0.15) is 0 Å². The van der Waals surface area contributed by atoms with Crippen LogP contribution < -0.4 is 4.72 Å². The lowest BCUT2D eigenvalue weighted by Gasteiger charge is -2.32. The third kappa shape index (κ3) is 4.57. The summed E-state index contributed by atoms with van der Waals surface area (Å²) in [5.41, 5.74) is 0.612. The van der Waals surface area contributed by atoms with Gasteiger partial charge in [-0.15, -0.1) is 0 Å². The molecular weight excluding hydrogens is 412 g/mol. The standard InChI is InChI=1S/C24H22N2O4S/c1-31(28,29)26-21(19-13-7-3-8-14-19)24(17-18-11-5-2-6-12-18)23(27)30-22(25-24)20-15-9-4-10-16-20/h2-16,21,26H,17H2,1H3/t21-,24-/m1/s1. The summed E-state index contributed by atoms with van der Waals surface area (Å²) in [7, 11) is -3.67. The minimum Gasteiger partial charge on any atom is -0.405 e. The zero-order valence-electron chi connectivity index (χ0n) is 16.9. The molecule has 1 aliphatic rings. The molecular formula is C24H22N2O4S. The summed E-state index contributed by atoms with van der Waals surface area (Å²) in [6.07, 6.45) is 1.24. The van der Waals surface area contributed by atoms with Crippen LogP contribution in [0.1, 0.15) is 22.7 Å². The molecule has 0 aliphatic carbocycles. The van der Waals surface area contributed by atoms with Gasteiger partial charge in [0.05, 0.1) is 12.3 Å². The van der Waals surface area contributed by atoms with Crippen LogP contribution in [0.5, 0.6) is 0 Å². The number of hydrogen-bond donors (Lipinski definition) is 1. The third-order valence-corrected chi connectivity index (χ3v) is 5.79. The van der Waals surface area contributed by atoms with Crippen molar-refractivity contribution in [2.24, 2.45) is 4.99 Å². The van der Waals surface area contributed by atoms with E-state index in [9.17, 15) is 13.2 Å². The van der Waals surface area contributed by atoms with E-state index in [4.69, 9.17) is 9.73 Å². The minimum absolute atomic E-state index is 0.172. The van der Waals surface area contributed by atoms with E-state index in [1.807, 2.05) is 54.6 Å². The van der Waals surface area contributed by atoms with E-state index in [1.54, 1.807) is 36.4 Å². The van der Waals surface area contributed by atoms with Crippen LogP contribution in [-0.2, 0) is 26.0 Å². The molecule has 0 aromatic heterocycles. The maximum absolute atomic E-state index is 13.4. The van der Waals surface area contributed by atoms with Crippen LogP contribution in [0.15, 0.2) is 96.0 Å². The number of sulfonamides is 1. The molecule has 0 fully saturated rings. The molecule has 0 spiro atoms. The molecule has 4 rings (SSSR count). The molecule has 3 aromatic rings. The molecule has 7 heteroatoms. The highest BCUT2D eigenvalue weighted by Gasteiger charge is 2.53. The fourth-order valence-corrected chi connectivity index (χ4v) is 4.49. The molecule has 3 aromatic carbocycles.